The zero-order valence-electron chi connectivity index (χ0n) is 18.8. The topological polar surface area (TPSA) is 80.3 Å². The van der Waals surface area contributed by atoms with Gasteiger partial charge in [0.05, 0.1) is 6.54 Å². The number of guanidine groups is 1. The molecule has 3 rings (SSSR count). The Bertz CT molecular complexity index is 773. The number of amides is 2. The van der Waals surface area contributed by atoms with Gasteiger partial charge in [-0.3, -0.25) is 19.5 Å². The molecule has 1 heterocycles. The summed E-state index contributed by atoms with van der Waals surface area (Å²) < 4.78 is 0. The van der Waals surface area contributed by atoms with Gasteiger partial charge in [0, 0.05) is 65.5 Å². The molecule has 1 saturated carbocycles. The third-order valence-corrected chi connectivity index (χ3v) is 5.47. The molecule has 1 aliphatic carbocycles. The van der Waals surface area contributed by atoms with Crippen LogP contribution in [0.5, 0.6) is 0 Å². The van der Waals surface area contributed by atoms with E-state index in [2.05, 4.69) is 25.4 Å². The quantitative estimate of drug-likeness (QED) is 0.306. The summed E-state index contributed by atoms with van der Waals surface area (Å²) >= 11 is 0. The fourth-order valence-electron chi connectivity index (χ4n) is 3.59. The molecule has 1 aliphatic heterocycles. The van der Waals surface area contributed by atoms with Gasteiger partial charge in [-0.15, -0.1) is 24.0 Å². The van der Waals surface area contributed by atoms with Crippen molar-refractivity contribution in [3.63, 3.8) is 0 Å². The Morgan fingerprint density at radius 2 is 1.87 bits per heavy atom. The van der Waals surface area contributed by atoms with Crippen LogP contribution in [0.15, 0.2) is 29.3 Å². The molecule has 1 aromatic carbocycles. The lowest BCUT2D eigenvalue weighted by Crippen LogP contribution is -2.54. The Morgan fingerprint density at radius 1 is 1.16 bits per heavy atom. The molecule has 0 radical (unpaired) electrons. The van der Waals surface area contributed by atoms with Gasteiger partial charge in [-0.25, -0.2) is 0 Å². The number of hydrogen-bond acceptors (Lipinski definition) is 4. The number of nitrogens with one attached hydrogen (secondary N) is 2. The average molecular weight is 542 g/mol. The van der Waals surface area contributed by atoms with Gasteiger partial charge in [-0.05, 0) is 37.0 Å². The molecule has 0 bridgehead atoms. The van der Waals surface area contributed by atoms with Crippen LogP contribution in [0.2, 0.25) is 0 Å². The highest BCUT2D eigenvalue weighted by molar-refractivity contribution is 14.0. The Kier molecular flexibility index (Phi) is 10.0. The maximum Gasteiger partial charge on any atom is 0.253 e. The number of hydrogen-bond donors (Lipinski definition) is 2. The van der Waals surface area contributed by atoms with Crippen molar-refractivity contribution in [2.75, 3.05) is 60.4 Å². The second-order valence-electron chi connectivity index (χ2n) is 8.23. The van der Waals surface area contributed by atoms with Crippen LogP contribution >= 0.6 is 24.0 Å². The van der Waals surface area contributed by atoms with E-state index in [-0.39, 0.29) is 35.8 Å². The van der Waals surface area contributed by atoms with Gasteiger partial charge in [-0.1, -0.05) is 12.1 Å². The Morgan fingerprint density at radius 3 is 2.48 bits per heavy atom. The fourth-order valence-corrected chi connectivity index (χ4v) is 3.59. The average Bonchev–Trinajstić information content (AvgIpc) is 3.55. The van der Waals surface area contributed by atoms with Crippen molar-refractivity contribution in [2.45, 2.75) is 25.3 Å². The zero-order chi connectivity index (χ0) is 21.5. The van der Waals surface area contributed by atoms with E-state index in [1.165, 1.54) is 0 Å². The highest BCUT2D eigenvalue weighted by Crippen LogP contribution is 2.18. The summed E-state index contributed by atoms with van der Waals surface area (Å²) in [6.07, 6.45) is 3.06. The molecular weight excluding hydrogens is 507 g/mol. The molecule has 9 heteroatoms. The maximum absolute atomic E-state index is 12.1. The Balaban J connectivity index is 0.00000341. The fraction of sp³-hybridized carbons (Fsp3) is 0.591. The van der Waals surface area contributed by atoms with Crippen molar-refractivity contribution < 1.29 is 9.59 Å². The van der Waals surface area contributed by atoms with Crippen LogP contribution in [-0.2, 0) is 11.2 Å². The number of rotatable bonds is 7. The third-order valence-electron chi connectivity index (χ3n) is 5.47. The highest BCUT2D eigenvalue weighted by Gasteiger charge is 2.25. The van der Waals surface area contributed by atoms with E-state index in [0.717, 1.165) is 63.5 Å². The molecule has 1 aromatic rings. The lowest BCUT2D eigenvalue weighted by Gasteiger charge is -2.36. The maximum atomic E-state index is 12.1. The number of nitrogens with zero attached hydrogens (tertiary/aromatic N) is 4. The lowest BCUT2D eigenvalue weighted by molar-refractivity contribution is -0.122. The van der Waals surface area contributed by atoms with E-state index in [4.69, 9.17) is 0 Å². The largest absolute Gasteiger partial charge is 0.356 e. The molecule has 0 unspecified atom stereocenters. The van der Waals surface area contributed by atoms with Gasteiger partial charge >= 0.3 is 0 Å². The third kappa shape index (κ3) is 7.95. The van der Waals surface area contributed by atoms with Crippen LogP contribution in [0.3, 0.4) is 0 Å². The van der Waals surface area contributed by atoms with Gasteiger partial charge in [0.1, 0.15) is 0 Å². The monoisotopic (exact) mass is 542 g/mol. The summed E-state index contributed by atoms with van der Waals surface area (Å²) in [5.74, 6) is 1.05. The van der Waals surface area contributed by atoms with Crippen molar-refractivity contribution in [1.29, 1.82) is 0 Å². The number of benzene rings is 1. The van der Waals surface area contributed by atoms with Crippen LogP contribution in [0.1, 0.15) is 28.8 Å². The highest BCUT2D eigenvalue weighted by atomic mass is 127. The Hall–Kier alpha value is -1.88. The van der Waals surface area contributed by atoms with Gasteiger partial charge in [0.25, 0.3) is 5.91 Å². The van der Waals surface area contributed by atoms with Crippen LogP contribution in [0.25, 0.3) is 0 Å². The van der Waals surface area contributed by atoms with E-state index in [0.29, 0.717) is 18.2 Å². The predicted molar refractivity (Wildman–Crippen MR) is 134 cm³/mol. The van der Waals surface area contributed by atoms with Crippen molar-refractivity contribution in [1.82, 2.24) is 25.3 Å². The molecule has 2 amide bonds. The number of piperazine rings is 1. The van der Waals surface area contributed by atoms with E-state index < -0.39 is 0 Å². The standard InChI is InChI=1S/C22H34N6O2.HI/c1-23-22(24-10-9-17-5-4-6-18(15-17)21(30)26(2)3)28-13-11-27(12-14-28)16-20(29)25-19-7-8-19;/h4-6,15,19H,7-14,16H2,1-3H3,(H,23,24)(H,25,29);1H. The van der Waals surface area contributed by atoms with E-state index in [1.54, 1.807) is 26.0 Å². The number of halogens is 1. The van der Waals surface area contributed by atoms with Gasteiger partial charge in [-0.2, -0.15) is 0 Å². The first-order chi connectivity index (χ1) is 14.5. The first-order valence-electron chi connectivity index (χ1n) is 10.7. The number of aliphatic imine (C=N–C) groups is 1. The molecule has 172 valence electrons. The summed E-state index contributed by atoms with van der Waals surface area (Å²) in [4.78, 5) is 34.6. The summed E-state index contributed by atoms with van der Waals surface area (Å²) in [6.45, 7) is 4.64. The first-order valence-corrected chi connectivity index (χ1v) is 10.7. The predicted octanol–water partition coefficient (Wildman–Crippen LogP) is 1.02. The molecule has 0 atom stereocenters. The smallest absolute Gasteiger partial charge is 0.253 e. The summed E-state index contributed by atoms with van der Waals surface area (Å²) in [5.41, 5.74) is 1.83. The van der Waals surface area contributed by atoms with E-state index in [9.17, 15) is 9.59 Å². The van der Waals surface area contributed by atoms with E-state index in [1.807, 2.05) is 24.3 Å². The van der Waals surface area contributed by atoms with Gasteiger partial charge in [0.15, 0.2) is 5.96 Å². The minimum atomic E-state index is 0. The van der Waals surface area contributed by atoms with Crippen LogP contribution in [-0.4, -0.2) is 98.9 Å². The van der Waals surface area contributed by atoms with E-state index >= 15 is 0 Å². The summed E-state index contributed by atoms with van der Waals surface area (Å²) in [7, 11) is 5.33. The van der Waals surface area contributed by atoms with Gasteiger partial charge < -0.3 is 20.4 Å². The molecule has 1 saturated heterocycles. The summed E-state index contributed by atoms with van der Waals surface area (Å²) in [6, 6.07) is 8.20. The molecule has 8 nitrogen and oxygen atoms in total. The van der Waals surface area contributed by atoms with Crippen LogP contribution < -0.4 is 10.6 Å². The second-order valence-corrected chi connectivity index (χ2v) is 8.23. The molecule has 2 fully saturated rings. The lowest BCUT2D eigenvalue weighted by atomic mass is 10.1. The minimum absolute atomic E-state index is 0. The molecule has 31 heavy (non-hydrogen) atoms. The van der Waals surface area contributed by atoms with Crippen LogP contribution in [0.4, 0.5) is 0 Å². The number of carbonyl (C=O) groups excluding carboxylic acids is 2. The summed E-state index contributed by atoms with van der Waals surface area (Å²) in [5, 5.41) is 6.48. The van der Waals surface area contributed by atoms with Crippen molar-refractivity contribution >= 4 is 41.8 Å². The molecule has 2 aliphatic rings. The van der Waals surface area contributed by atoms with Crippen molar-refractivity contribution in [3.8, 4) is 0 Å². The van der Waals surface area contributed by atoms with Crippen molar-refractivity contribution in [2.24, 2.45) is 4.99 Å². The zero-order valence-corrected chi connectivity index (χ0v) is 21.1. The van der Waals surface area contributed by atoms with Crippen LogP contribution in [0, 0.1) is 0 Å². The normalized spacial score (nSPS) is 17.0. The molecule has 0 aromatic heterocycles. The van der Waals surface area contributed by atoms with Gasteiger partial charge in [0.2, 0.25) is 5.91 Å². The first kappa shape index (κ1) is 25.4. The minimum Gasteiger partial charge on any atom is -0.356 e. The Labute approximate surface area is 202 Å². The molecular formula is C22H35IN6O2. The van der Waals surface area contributed by atoms with Crippen molar-refractivity contribution in [3.05, 3.63) is 35.4 Å². The molecule has 0 spiro atoms. The second kappa shape index (κ2) is 12.2. The SMILES string of the molecule is CN=C(NCCc1cccc(C(=O)N(C)C)c1)N1CCN(CC(=O)NC2CC2)CC1.I. The number of carbonyl (C=O) groups is 2. The molecule has 2 N–H and O–H groups in total.